The van der Waals surface area contributed by atoms with E-state index < -0.39 is 0 Å². The molecule has 0 fully saturated rings. The Morgan fingerprint density at radius 2 is 2.26 bits per heavy atom. The summed E-state index contributed by atoms with van der Waals surface area (Å²) in [6.45, 7) is 2.63. The van der Waals surface area contributed by atoms with Crippen LogP contribution >= 0.6 is 0 Å². The highest BCUT2D eigenvalue weighted by Crippen LogP contribution is 2.26. The zero-order valence-electron chi connectivity index (χ0n) is 10.8. The van der Waals surface area contributed by atoms with Gasteiger partial charge in [-0.15, -0.1) is 5.10 Å². The van der Waals surface area contributed by atoms with Crippen LogP contribution < -0.4 is 10.6 Å². The van der Waals surface area contributed by atoms with Gasteiger partial charge in [-0.2, -0.15) is 5.26 Å². The van der Waals surface area contributed by atoms with Crippen molar-refractivity contribution in [1.29, 1.82) is 5.26 Å². The van der Waals surface area contributed by atoms with Gasteiger partial charge in [-0.3, -0.25) is 0 Å². The molecule has 0 aliphatic carbocycles. The Morgan fingerprint density at radius 3 is 2.84 bits per heavy atom. The maximum Gasteiger partial charge on any atom is 0.171 e. The van der Waals surface area contributed by atoms with E-state index in [1.165, 1.54) is 16.8 Å². The van der Waals surface area contributed by atoms with Crippen molar-refractivity contribution in [1.82, 2.24) is 9.78 Å². The van der Waals surface area contributed by atoms with Crippen molar-refractivity contribution >= 4 is 11.6 Å². The lowest BCUT2D eigenvalue weighted by atomic mass is 10.3. The smallest absolute Gasteiger partial charge is 0.171 e. The molecule has 19 heavy (non-hydrogen) atoms. The zero-order valence-corrected chi connectivity index (χ0v) is 10.8. The maximum absolute atomic E-state index is 13.2. The Balaban J connectivity index is 2.60. The van der Waals surface area contributed by atoms with Crippen LogP contribution in [0.15, 0.2) is 24.3 Å². The van der Waals surface area contributed by atoms with Crippen molar-refractivity contribution in [3.8, 4) is 11.8 Å². The third-order valence-electron chi connectivity index (χ3n) is 2.90. The molecule has 0 spiro atoms. The summed E-state index contributed by atoms with van der Waals surface area (Å²) in [5.74, 6) is 0.325. The third-order valence-corrected chi connectivity index (χ3v) is 2.90. The van der Waals surface area contributed by atoms with Gasteiger partial charge in [0.25, 0.3) is 0 Å². The van der Waals surface area contributed by atoms with E-state index in [9.17, 15) is 9.65 Å². The molecule has 0 saturated carbocycles. The predicted octanol–water partition coefficient (Wildman–Crippen LogP) is 1.92. The number of nitrogens with two attached hydrogens (primary N) is 1. The topological polar surface area (TPSA) is 70.9 Å². The van der Waals surface area contributed by atoms with Crippen LogP contribution in [0.3, 0.4) is 0 Å². The van der Waals surface area contributed by atoms with Gasteiger partial charge in [-0.25, -0.2) is 9.07 Å². The lowest BCUT2D eigenvalue weighted by Crippen LogP contribution is -2.17. The van der Waals surface area contributed by atoms with E-state index in [2.05, 4.69) is 5.10 Å². The highest BCUT2D eigenvalue weighted by atomic mass is 19.1. The minimum atomic E-state index is -0.378. The van der Waals surface area contributed by atoms with Gasteiger partial charge in [-0.05, 0) is 25.1 Å². The van der Waals surface area contributed by atoms with E-state index in [4.69, 9.17) is 5.73 Å². The first-order valence-electron chi connectivity index (χ1n) is 5.84. The Morgan fingerprint density at radius 1 is 1.53 bits per heavy atom. The average molecular weight is 259 g/mol. The number of nitrogens with zero attached hydrogens (tertiary/aromatic N) is 4. The molecule has 0 aliphatic heterocycles. The molecule has 1 aromatic heterocycles. The predicted molar refractivity (Wildman–Crippen MR) is 71.6 cm³/mol. The highest BCUT2D eigenvalue weighted by molar-refractivity contribution is 5.66. The summed E-state index contributed by atoms with van der Waals surface area (Å²) in [6.07, 6.45) is 0. The van der Waals surface area contributed by atoms with Crippen LogP contribution in [0.4, 0.5) is 16.0 Å². The largest absolute Gasteiger partial charge is 0.382 e. The first-order chi connectivity index (χ1) is 9.08. The number of nitriles is 1. The number of hydrogen-bond donors (Lipinski definition) is 1. The Bertz CT molecular complexity index is 641. The summed E-state index contributed by atoms with van der Waals surface area (Å²) >= 11 is 0. The number of nitrogen functional groups attached to an aromatic ring is 1. The van der Waals surface area contributed by atoms with Crippen LogP contribution in [0, 0.1) is 17.1 Å². The van der Waals surface area contributed by atoms with Crippen molar-refractivity contribution in [3.05, 3.63) is 35.6 Å². The number of rotatable bonds is 3. The molecule has 0 radical (unpaired) electrons. The van der Waals surface area contributed by atoms with Crippen molar-refractivity contribution in [2.75, 3.05) is 24.2 Å². The molecule has 98 valence electrons. The molecule has 0 saturated heterocycles. The fourth-order valence-electron chi connectivity index (χ4n) is 1.75. The van der Waals surface area contributed by atoms with Crippen molar-refractivity contribution in [2.45, 2.75) is 6.92 Å². The monoisotopic (exact) mass is 259 g/mol. The first kappa shape index (κ1) is 12.9. The fourth-order valence-corrected chi connectivity index (χ4v) is 1.75. The minimum absolute atomic E-state index is 0.211. The van der Waals surface area contributed by atoms with Gasteiger partial charge in [0, 0.05) is 13.6 Å². The second kappa shape index (κ2) is 4.98. The van der Waals surface area contributed by atoms with E-state index >= 15 is 0 Å². The highest BCUT2D eigenvalue weighted by Gasteiger charge is 2.18. The summed E-state index contributed by atoms with van der Waals surface area (Å²) < 4.78 is 14.6. The molecule has 0 aliphatic rings. The van der Waals surface area contributed by atoms with Crippen LogP contribution in [0.5, 0.6) is 0 Å². The summed E-state index contributed by atoms with van der Waals surface area (Å²) in [5.41, 5.74) is 6.71. The second-order valence-corrected chi connectivity index (χ2v) is 4.10. The molecule has 2 rings (SSSR count). The summed E-state index contributed by atoms with van der Waals surface area (Å²) in [4.78, 5) is 1.81. The normalized spacial score (nSPS) is 10.2. The molecule has 0 bridgehead atoms. The summed E-state index contributed by atoms with van der Waals surface area (Å²) in [7, 11) is 1.82. The van der Waals surface area contributed by atoms with Gasteiger partial charge >= 0.3 is 0 Å². The molecule has 1 heterocycles. The second-order valence-electron chi connectivity index (χ2n) is 4.10. The van der Waals surface area contributed by atoms with E-state index in [0.29, 0.717) is 23.6 Å². The Hall–Kier alpha value is -2.55. The fraction of sp³-hybridized carbons (Fsp3) is 0.231. The van der Waals surface area contributed by atoms with E-state index in [-0.39, 0.29) is 11.6 Å². The number of hydrogen-bond acceptors (Lipinski definition) is 4. The summed E-state index contributed by atoms with van der Waals surface area (Å²) in [6, 6.07) is 7.95. The van der Waals surface area contributed by atoms with Gasteiger partial charge in [0.1, 0.15) is 23.3 Å². The molecule has 0 amide bonds. The van der Waals surface area contributed by atoms with Crippen molar-refractivity contribution in [3.63, 3.8) is 0 Å². The quantitative estimate of drug-likeness (QED) is 0.914. The van der Waals surface area contributed by atoms with E-state index in [1.54, 1.807) is 12.1 Å². The van der Waals surface area contributed by atoms with Gasteiger partial charge < -0.3 is 10.6 Å². The van der Waals surface area contributed by atoms with Crippen LogP contribution in [-0.2, 0) is 0 Å². The molecule has 2 aromatic rings. The molecule has 2 N–H and O–H groups in total. The maximum atomic E-state index is 13.2. The summed E-state index contributed by atoms with van der Waals surface area (Å²) in [5, 5.41) is 13.5. The Kier molecular flexibility index (Phi) is 3.38. The van der Waals surface area contributed by atoms with Gasteiger partial charge in [0.05, 0.1) is 5.69 Å². The van der Waals surface area contributed by atoms with Crippen LogP contribution in [0.1, 0.15) is 12.5 Å². The van der Waals surface area contributed by atoms with Crippen LogP contribution in [0.2, 0.25) is 0 Å². The SMILES string of the molecule is CCN(C)c1nn(-c2cccc(F)c2)c(N)c1C#N. The minimum Gasteiger partial charge on any atom is -0.382 e. The average Bonchev–Trinajstić information content (AvgIpc) is 2.74. The number of halogens is 1. The number of aromatic nitrogens is 2. The van der Waals surface area contributed by atoms with E-state index in [1.807, 2.05) is 24.9 Å². The molecule has 1 aromatic carbocycles. The van der Waals surface area contributed by atoms with Crippen LogP contribution in [-0.4, -0.2) is 23.4 Å². The van der Waals surface area contributed by atoms with Gasteiger partial charge in [-0.1, -0.05) is 6.07 Å². The number of benzene rings is 1. The third kappa shape index (κ3) is 2.22. The lowest BCUT2D eigenvalue weighted by Gasteiger charge is -2.12. The van der Waals surface area contributed by atoms with Crippen molar-refractivity contribution < 1.29 is 4.39 Å². The molecular weight excluding hydrogens is 245 g/mol. The van der Waals surface area contributed by atoms with E-state index in [0.717, 1.165) is 0 Å². The molecule has 0 unspecified atom stereocenters. The Labute approximate surface area is 110 Å². The molecule has 0 atom stereocenters. The number of anilines is 2. The molecule has 6 heteroatoms. The molecule has 5 nitrogen and oxygen atoms in total. The van der Waals surface area contributed by atoms with Crippen LogP contribution in [0.25, 0.3) is 5.69 Å². The molecular formula is C13H14FN5. The standard InChI is InChI=1S/C13H14FN5/c1-3-18(2)13-11(8-15)12(16)19(17-13)10-6-4-5-9(14)7-10/h4-7H,3,16H2,1-2H3. The lowest BCUT2D eigenvalue weighted by molar-refractivity contribution is 0.625. The first-order valence-corrected chi connectivity index (χ1v) is 5.84. The van der Waals surface area contributed by atoms with Crippen molar-refractivity contribution in [2.24, 2.45) is 0 Å². The van der Waals surface area contributed by atoms with Gasteiger partial charge in [0.2, 0.25) is 0 Å². The van der Waals surface area contributed by atoms with Gasteiger partial charge in [0.15, 0.2) is 5.82 Å². The zero-order chi connectivity index (χ0) is 14.0.